The second-order valence-corrected chi connectivity index (χ2v) is 8.37. The molecule has 4 nitrogen and oxygen atoms in total. The van der Waals surface area contributed by atoms with E-state index in [1.54, 1.807) is 12.1 Å². The van der Waals surface area contributed by atoms with E-state index in [1.165, 1.54) is 0 Å². The standard InChI is InChI=1S/C16H23NO3S/c18-13-5-3-4-12(10-13)11-17-15-8-9-21(19,20)16-7-2-1-6-14(15)16/h1-2,6-7,12-13,15,17-18H,3-5,8-11H2. The monoisotopic (exact) mass is 309 g/mol. The highest BCUT2D eigenvalue weighted by Crippen LogP contribution is 2.32. The number of hydrogen-bond donors (Lipinski definition) is 2. The summed E-state index contributed by atoms with van der Waals surface area (Å²) in [6.07, 6.45) is 4.49. The predicted molar refractivity (Wildman–Crippen MR) is 81.8 cm³/mol. The minimum Gasteiger partial charge on any atom is -0.393 e. The summed E-state index contributed by atoms with van der Waals surface area (Å²) in [5.41, 5.74) is 0.903. The van der Waals surface area contributed by atoms with Crippen LogP contribution >= 0.6 is 0 Å². The SMILES string of the molecule is O=S1(=O)CCC(NCC2CCCC(O)C2)c2ccccc21. The Morgan fingerprint density at radius 2 is 2.00 bits per heavy atom. The highest BCUT2D eigenvalue weighted by Gasteiger charge is 2.30. The van der Waals surface area contributed by atoms with Gasteiger partial charge in [-0.15, -0.1) is 0 Å². The first kappa shape index (κ1) is 15.0. The summed E-state index contributed by atoms with van der Waals surface area (Å²) in [6, 6.07) is 7.43. The Kier molecular flexibility index (Phi) is 4.33. The lowest BCUT2D eigenvalue weighted by molar-refractivity contribution is 0.0995. The normalized spacial score (nSPS) is 31.6. The molecule has 21 heavy (non-hydrogen) atoms. The van der Waals surface area contributed by atoms with Crippen molar-refractivity contribution in [2.75, 3.05) is 12.3 Å². The molecule has 1 heterocycles. The van der Waals surface area contributed by atoms with E-state index in [-0.39, 0.29) is 17.9 Å². The zero-order chi connectivity index (χ0) is 14.9. The largest absolute Gasteiger partial charge is 0.393 e. The Labute approximate surface area is 126 Å². The Bertz CT molecular complexity index is 599. The van der Waals surface area contributed by atoms with E-state index in [0.29, 0.717) is 17.2 Å². The van der Waals surface area contributed by atoms with E-state index in [4.69, 9.17) is 0 Å². The molecule has 0 radical (unpaired) electrons. The van der Waals surface area contributed by atoms with Gasteiger partial charge >= 0.3 is 0 Å². The zero-order valence-corrected chi connectivity index (χ0v) is 13.0. The van der Waals surface area contributed by atoms with Crippen molar-refractivity contribution in [2.45, 2.75) is 49.1 Å². The first-order valence-electron chi connectivity index (χ1n) is 7.79. The summed E-state index contributed by atoms with van der Waals surface area (Å²) in [7, 11) is -3.11. The smallest absolute Gasteiger partial charge is 0.178 e. The molecule has 0 aromatic heterocycles. The van der Waals surface area contributed by atoms with Crippen LogP contribution in [0.1, 0.15) is 43.7 Å². The molecule has 1 aliphatic heterocycles. The zero-order valence-electron chi connectivity index (χ0n) is 12.2. The molecule has 0 saturated heterocycles. The molecule has 3 rings (SSSR count). The molecule has 0 amide bonds. The fraction of sp³-hybridized carbons (Fsp3) is 0.625. The van der Waals surface area contributed by atoms with Crippen LogP contribution in [0, 0.1) is 5.92 Å². The molecule has 1 aliphatic carbocycles. The van der Waals surface area contributed by atoms with Gasteiger partial charge in [0.1, 0.15) is 0 Å². The molecule has 0 bridgehead atoms. The van der Waals surface area contributed by atoms with Crippen molar-refractivity contribution >= 4 is 9.84 Å². The van der Waals surface area contributed by atoms with Gasteiger partial charge in [-0.25, -0.2) is 8.42 Å². The van der Waals surface area contributed by atoms with Crippen LogP contribution < -0.4 is 5.32 Å². The molecule has 3 atom stereocenters. The Hall–Kier alpha value is -0.910. The van der Waals surface area contributed by atoms with E-state index in [2.05, 4.69) is 5.32 Å². The van der Waals surface area contributed by atoms with Gasteiger partial charge in [-0.3, -0.25) is 0 Å². The Morgan fingerprint density at radius 1 is 1.19 bits per heavy atom. The molecular formula is C16H23NO3S. The summed E-state index contributed by atoms with van der Waals surface area (Å²) < 4.78 is 24.2. The van der Waals surface area contributed by atoms with Gasteiger partial charge in [0.15, 0.2) is 9.84 Å². The van der Waals surface area contributed by atoms with Crippen molar-refractivity contribution in [3.63, 3.8) is 0 Å². The first-order chi connectivity index (χ1) is 10.1. The van der Waals surface area contributed by atoms with Crippen LogP contribution in [0.2, 0.25) is 0 Å². The predicted octanol–water partition coefficient (Wildman–Crippen LogP) is 2.05. The second-order valence-electron chi connectivity index (χ2n) is 6.29. The summed E-state index contributed by atoms with van der Waals surface area (Å²) in [4.78, 5) is 0.484. The van der Waals surface area contributed by atoms with Crippen LogP contribution in [-0.4, -0.2) is 31.9 Å². The molecule has 2 N–H and O–H groups in total. The Morgan fingerprint density at radius 3 is 2.81 bits per heavy atom. The average Bonchev–Trinajstić information content (AvgIpc) is 2.47. The molecule has 1 aromatic carbocycles. The number of nitrogens with one attached hydrogen (secondary N) is 1. The van der Waals surface area contributed by atoms with E-state index in [9.17, 15) is 13.5 Å². The van der Waals surface area contributed by atoms with Crippen molar-refractivity contribution in [2.24, 2.45) is 5.92 Å². The molecule has 0 spiro atoms. The molecule has 1 fully saturated rings. The highest BCUT2D eigenvalue weighted by atomic mass is 32.2. The van der Waals surface area contributed by atoms with Gasteiger partial charge in [0, 0.05) is 6.04 Å². The van der Waals surface area contributed by atoms with Crippen LogP contribution in [0.25, 0.3) is 0 Å². The molecule has 1 saturated carbocycles. The van der Waals surface area contributed by atoms with Gasteiger partial charge in [0.05, 0.1) is 16.8 Å². The van der Waals surface area contributed by atoms with E-state index >= 15 is 0 Å². The third-order valence-corrected chi connectivity index (χ3v) is 6.53. The first-order valence-corrected chi connectivity index (χ1v) is 9.44. The van der Waals surface area contributed by atoms with Gasteiger partial charge < -0.3 is 10.4 Å². The lowest BCUT2D eigenvalue weighted by atomic mass is 9.87. The van der Waals surface area contributed by atoms with Gasteiger partial charge in [0.2, 0.25) is 0 Å². The third kappa shape index (κ3) is 3.30. The average molecular weight is 309 g/mol. The fourth-order valence-corrected chi connectivity index (χ4v) is 5.18. The lowest BCUT2D eigenvalue weighted by Gasteiger charge is -2.30. The van der Waals surface area contributed by atoms with Crippen LogP contribution in [0.5, 0.6) is 0 Å². The number of aliphatic hydroxyl groups is 1. The number of hydrogen-bond acceptors (Lipinski definition) is 4. The summed E-state index contributed by atoms with van der Waals surface area (Å²) >= 11 is 0. The summed E-state index contributed by atoms with van der Waals surface area (Å²) in [5, 5.41) is 13.3. The number of sulfone groups is 1. The quantitative estimate of drug-likeness (QED) is 0.897. The molecule has 1 aromatic rings. The molecule has 3 unspecified atom stereocenters. The van der Waals surface area contributed by atoms with Gasteiger partial charge in [0.25, 0.3) is 0 Å². The minimum absolute atomic E-state index is 0.115. The molecule has 5 heteroatoms. The summed E-state index contributed by atoms with van der Waals surface area (Å²) in [6.45, 7) is 0.857. The van der Waals surface area contributed by atoms with Crippen molar-refractivity contribution in [1.29, 1.82) is 0 Å². The molecule has 116 valence electrons. The maximum atomic E-state index is 12.1. The van der Waals surface area contributed by atoms with E-state index in [0.717, 1.165) is 37.8 Å². The molecule has 2 aliphatic rings. The second kappa shape index (κ2) is 6.07. The molecular weight excluding hydrogens is 286 g/mol. The number of fused-ring (bicyclic) bond motifs is 1. The highest BCUT2D eigenvalue weighted by molar-refractivity contribution is 7.91. The maximum absolute atomic E-state index is 12.1. The lowest BCUT2D eigenvalue weighted by Crippen LogP contribution is -2.35. The van der Waals surface area contributed by atoms with Crippen LogP contribution in [0.4, 0.5) is 0 Å². The Balaban J connectivity index is 1.69. The van der Waals surface area contributed by atoms with E-state index in [1.807, 2.05) is 12.1 Å². The topological polar surface area (TPSA) is 66.4 Å². The minimum atomic E-state index is -3.11. The van der Waals surface area contributed by atoms with Gasteiger partial charge in [-0.05, 0) is 49.8 Å². The number of rotatable bonds is 3. The van der Waals surface area contributed by atoms with E-state index < -0.39 is 9.84 Å². The fourth-order valence-electron chi connectivity index (χ4n) is 3.56. The van der Waals surface area contributed by atoms with Crippen LogP contribution in [0.3, 0.4) is 0 Å². The van der Waals surface area contributed by atoms with Gasteiger partial charge in [-0.2, -0.15) is 0 Å². The van der Waals surface area contributed by atoms with Crippen molar-refractivity contribution < 1.29 is 13.5 Å². The third-order valence-electron chi connectivity index (χ3n) is 4.71. The summed E-state index contributed by atoms with van der Waals surface area (Å²) in [5.74, 6) is 0.717. The van der Waals surface area contributed by atoms with Crippen LogP contribution in [-0.2, 0) is 9.84 Å². The van der Waals surface area contributed by atoms with Crippen LogP contribution in [0.15, 0.2) is 29.2 Å². The number of benzene rings is 1. The number of aliphatic hydroxyl groups excluding tert-OH is 1. The van der Waals surface area contributed by atoms with Gasteiger partial charge in [-0.1, -0.05) is 24.6 Å². The maximum Gasteiger partial charge on any atom is 0.178 e. The van der Waals surface area contributed by atoms with Crippen molar-refractivity contribution in [3.8, 4) is 0 Å². The van der Waals surface area contributed by atoms with Crippen molar-refractivity contribution in [1.82, 2.24) is 5.32 Å². The van der Waals surface area contributed by atoms with Crippen molar-refractivity contribution in [3.05, 3.63) is 29.8 Å².